The van der Waals surface area contributed by atoms with Gasteiger partial charge in [0.05, 0.1) is 13.7 Å². The molecular weight excluding hydrogens is 204 g/mol. The van der Waals surface area contributed by atoms with Gasteiger partial charge >= 0.3 is 0 Å². The summed E-state index contributed by atoms with van der Waals surface area (Å²) in [5.74, 6) is 5.95. The molecule has 0 aliphatic heterocycles. The van der Waals surface area contributed by atoms with E-state index in [9.17, 15) is 0 Å². The van der Waals surface area contributed by atoms with Gasteiger partial charge in [0.25, 0.3) is 0 Å². The lowest BCUT2D eigenvalue weighted by molar-refractivity contribution is 0.141. The molecule has 0 saturated heterocycles. The largest absolute Gasteiger partial charge is 0.496 e. The van der Waals surface area contributed by atoms with Gasteiger partial charge < -0.3 is 14.6 Å². The van der Waals surface area contributed by atoms with Crippen LogP contribution in [0.1, 0.15) is 11.1 Å². The smallest absolute Gasteiger partial charge is 0.131 e. The number of aromatic amines is 1. The van der Waals surface area contributed by atoms with Crippen molar-refractivity contribution in [2.24, 2.45) is 5.90 Å². The fourth-order valence-electron chi connectivity index (χ4n) is 1.99. The monoisotopic (exact) mass is 220 g/mol. The van der Waals surface area contributed by atoms with Crippen LogP contribution in [-0.4, -0.2) is 18.7 Å². The highest BCUT2D eigenvalue weighted by Crippen LogP contribution is 2.32. The molecule has 1 aromatic heterocycles. The van der Waals surface area contributed by atoms with Crippen molar-refractivity contribution in [3.63, 3.8) is 0 Å². The number of hydrogen-bond donors (Lipinski definition) is 2. The lowest BCUT2D eigenvalue weighted by Crippen LogP contribution is -2.05. The van der Waals surface area contributed by atoms with E-state index in [1.54, 1.807) is 7.11 Å². The lowest BCUT2D eigenvalue weighted by atomic mass is 10.1. The average molecular weight is 220 g/mol. The summed E-state index contributed by atoms with van der Waals surface area (Å²) in [5.41, 5.74) is 3.39. The Morgan fingerprint density at radius 3 is 2.88 bits per heavy atom. The first-order chi connectivity index (χ1) is 7.77. The van der Waals surface area contributed by atoms with Gasteiger partial charge in [0.2, 0.25) is 0 Å². The van der Waals surface area contributed by atoms with E-state index in [-0.39, 0.29) is 0 Å². The maximum absolute atomic E-state index is 5.48. The van der Waals surface area contributed by atoms with Crippen LogP contribution in [0.15, 0.2) is 18.3 Å². The number of fused-ring (bicyclic) bond motifs is 1. The van der Waals surface area contributed by atoms with Crippen molar-refractivity contribution in [1.82, 2.24) is 4.98 Å². The van der Waals surface area contributed by atoms with Crippen LogP contribution >= 0.6 is 0 Å². The van der Waals surface area contributed by atoms with Gasteiger partial charge in [-0.2, -0.15) is 0 Å². The quantitative estimate of drug-likeness (QED) is 0.774. The molecule has 0 spiro atoms. The average Bonchev–Trinajstić information content (AvgIpc) is 2.68. The number of nitrogens with one attached hydrogen (secondary N) is 1. The number of rotatable bonds is 4. The van der Waals surface area contributed by atoms with Gasteiger partial charge in [0, 0.05) is 23.5 Å². The maximum atomic E-state index is 5.48. The Morgan fingerprint density at radius 1 is 1.38 bits per heavy atom. The number of methoxy groups -OCH3 is 1. The molecule has 2 rings (SSSR count). The normalized spacial score (nSPS) is 10.9. The number of aryl methyl sites for hydroxylation is 1. The van der Waals surface area contributed by atoms with Gasteiger partial charge in [-0.05, 0) is 24.1 Å². The molecule has 0 aliphatic rings. The topological polar surface area (TPSA) is 60.3 Å². The van der Waals surface area contributed by atoms with Gasteiger partial charge in [-0.1, -0.05) is 6.07 Å². The highest BCUT2D eigenvalue weighted by atomic mass is 16.6. The molecule has 4 heteroatoms. The van der Waals surface area contributed by atoms with Crippen molar-refractivity contribution in [3.8, 4) is 5.75 Å². The summed E-state index contributed by atoms with van der Waals surface area (Å²) in [6.45, 7) is 2.55. The first-order valence-electron chi connectivity index (χ1n) is 5.23. The second-order valence-corrected chi connectivity index (χ2v) is 3.77. The van der Waals surface area contributed by atoms with E-state index < -0.39 is 0 Å². The molecule has 0 atom stereocenters. The zero-order chi connectivity index (χ0) is 11.5. The Bertz CT molecular complexity index is 491. The summed E-state index contributed by atoms with van der Waals surface area (Å²) in [7, 11) is 1.69. The summed E-state index contributed by atoms with van der Waals surface area (Å²) in [4.78, 5) is 7.82. The predicted octanol–water partition coefficient (Wildman–Crippen LogP) is 1.92. The third kappa shape index (κ3) is 1.77. The fourth-order valence-corrected chi connectivity index (χ4v) is 1.99. The minimum absolute atomic E-state index is 0.491. The number of hydrogen-bond acceptors (Lipinski definition) is 3. The Morgan fingerprint density at radius 2 is 2.19 bits per heavy atom. The number of benzene rings is 1. The van der Waals surface area contributed by atoms with Gasteiger partial charge in [0.1, 0.15) is 5.75 Å². The van der Waals surface area contributed by atoms with E-state index in [1.807, 2.05) is 12.3 Å². The first kappa shape index (κ1) is 11.0. The molecule has 0 radical (unpaired) electrons. The second kappa shape index (κ2) is 4.55. The van der Waals surface area contributed by atoms with Crippen molar-refractivity contribution in [2.45, 2.75) is 13.3 Å². The lowest BCUT2D eigenvalue weighted by Gasteiger charge is -2.10. The van der Waals surface area contributed by atoms with Crippen LogP contribution in [-0.2, 0) is 11.3 Å². The van der Waals surface area contributed by atoms with E-state index in [4.69, 9.17) is 10.6 Å². The maximum Gasteiger partial charge on any atom is 0.131 e. The van der Waals surface area contributed by atoms with Gasteiger partial charge in [0.15, 0.2) is 0 Å². The molecule has 4 nitrogen and oxygen atoms in total. The van der Waals surface area contributed by atoms with E-state index in [2.05, 4.69) is 22.8 Å². The predicted molar refractivity (Wildman–Crippen MR) is 63.4 cm³/mol. The minimum atomic E-state index is 0.491. The van der Waals surface area contributed by atoms with Crippen LogP contribution in [0, 0.1) is 6.92 Å². The third-order valence-electron chi connectivity index (χ3n) is 2.77. The molecule has 0 unspecified atom stereocenters. The number of H-pyrrole nitrogens is 1. The Balaban J connectivity index is 2.53. The van der Waals surface area contributed by atoms with Gasteiger partial charge in [-0.15, -0.1) is 0 Å². The molecule has 3 N–H and O–H groups in total. The Kier molecular flexibility index (Phi) is 3.12. The van der Waals surface area contributed by atoms with Crippen LogP contribution in [0.25, 0.3) is 10.9 Å². The summed E-state index contributed by atoms with van der Waals surface area (Å²) in [6.07, 6.45) is 2.73. The highest BCUT2D eigenvalue weighted by molar-refractivity contribution is 5.90. The van der Waals surface area contributed by atoms with Crippen LogP contribution < -0.4 is 10.6 Å². The standard InChI is InChI=1S/C12H16N2O2/c1-8-7-14-10-4-3-9(5-6-16-13)12(15-2)11(8)10/h3-4,7,14H,5-6,13H2,1-2H3. The molecular formula is C12H16N2O2. The zero-order valence-electron chi connectivity index (χ0n) is 9.54. The molecule has 0 aliphatic carbocycles. The Labute approximate surface area is 94.3 Å². The zero-order valence-corrected chi connectivity index (χ0v) is 9.54. The fraction of sp³-hybridized carbons (Fsp3) is 0.333. The van der Waals surface area contributed by atoms with Gasteiger partial charge in [-0.3, -0.25) is 0 Å². The highest BCUT2D eigenvalue weighted by Gasteiger charge is 2.11. The first-order valence-corrected chi connectivity index (χ1v) is 5.23. The minimum Gasteiger partial charge on any atom is -0.496 e. The third-order valence-corrected chi connectivity index (χ3v) is 2.77. The number of aromatic nitrogens is 1. The van der Waals surface area contributed by atoms with E-state index in [1.165, 1.54) is 5.56 Å². The SMILES string of the molecule is COc1c(CCON)ccc2[nH]cc(C)c12. The van der Waals surface area contributed by atoms with Crippen molar-refractivity contribution in [3.05, 3.63) is 29.5 Å². The molecule has 1 aromatic carbocycles. The number of ether oxygens (including phenoxy) is 1. The van der Waals surface area contributed by atoms with E-state index in [0.29, 0.717) is 6.61 Å². The molecule has 86 valence electrons. The van der Waals surface area contributed by atoms with E-state index in [0.717, 1.165) is 28.6 Å². The van der Waals surface area contributed by atoms with Crippen LogP contribution in [0.2, 0.25) is 0 Å². The van der Waals surface area contributed by atoms with Crippen molar-refractivity contribution in [1.29, 1.82) is 0 Å². The van der Waals surface area contributed by atoms with Crippen LogP contribution in [0.5, 0.6) is 5.75 Å². The molecule has 0 amide bonds. The summed E-state index contributed by atoms with van der Waals surface area (Å²) in [6, 6.07) is 4.09. The van der Waals surface area contributed by atoms with Crippen LogP contribution in [0.4, 0.5) is 0 Å². The van der Waals surface area contributed by atoms with E-state index >= 15 is 0 Å². The van der Waals surface area contributed by atoms with Gasteiger partial charge in [-0.25, -0.2) is 5.90 Å². The van der Waals surface area contributed by atoms with Crippen LogP contribution in [0.3, 0.4) is 0 Å². The van der Waals surface area contributed by atoms with Crippen molar-refractivity contribution in [2.75, 3.05) is 13.7 Å². The molecule has 2 aromatic rings. The molecule has 0 fully saturated rings. The molecule has 0 bridgehead atoms. The van der Waals surface area contributed by atoms with Crippen molar-refractivity contribution >= 4 is 10.9 Å². The summed E-state index contributed by atoms with van der Waals surface area (Å²) >= 11 is 0. The number of nitrogens with two attached hydrogens (primary N) is 1. The summed E-state index contributed by atoms with van der Waals surface area (Å²) in [5, 5.41) is 1.14. The molecule has 0 saturated carbocycles. The molecule has 1 heterocycles. The van der Waals surface area contributed by atoms with Crippen molar-refractivity contribution < 1.29 is 9.57 Å². The second-order valence-electron chi connectivity index (χ2n) is 3.77. The molecule has 16 heavy (non-hydrogen) atoms. The Hall–Kier alpha value is -1.52. The summed E-state index contributed by atoms with van der Waals surface area (Å²) < 4.78 is 5.48.